The van der Waals surface area contributed by atoms with Crippen LogP contribution in [0.2, 0.25) is 0 Å². The molecule has 2 aromatic rings. The summed E-state index contributed by atoms with van der Waals surface area (Å²) in [7, 11) is 4.82. The molecule has 0 unspecified atom stereocenters. The summed E-state index contributed by atoms with van der Waals surface area (Å²) < 4.78 is 22.2. The van der Waals surface area contributed by atoms with Crippen LogP contribution in [0.5, 0.6) is 23.0 Å². The first kappa shape index (κ1) is 28.8. The first-order valence-electron chi connectivity index (χ1n) is 12.9. The second-order valence-electron chi connectivity index (χ2n) is 9.13. The van der Waals surface area contributed by atoms with E-state index < -0.39 is 0 Å². The molecule has 9 nitrogen and oxygen atoms in total. The third kappa shape index (κ3) is 8.14. The summed E-state index contributed by atoms with van der Waals surface area (Å²) in [6.07, 6.45) is 9.05. The number of unbranched alkanes of at least 4 members (excludes halogenated alkanes) is 4. The molecule has 0 radical (unpaired) electrons. The van der Waals surface area contributed by atoms with Crippen molar-refractivity contribution < 1.29 is 33.7 Å². The lowest BCUT2D eigenvalue weighted by atomic mass is 9.98. The van der Waals surface area contributed by atoms with E-state index in [2.05, 4.69) is 0 Å². The van der Waals surface area contributed by atoms with Gasteiger partial charge in [-0.3, -0.25) is 14.8 Å². The van der Waals surface area contributed by atoms with Crippen LogP contribution >= 0.6 is 0 Å². The van der Waals surface area contributed by atoms with E-state index in [1.165, 1.54) is 5.56 Å². The Morgan fingerprint density at radius 2 is 1.55 bits per heavy atom. The number of benzene rings is 2. The average molecular weight is 527 g/mol. The minimum atomic E-state index is -0.345. The van der Waals surface area contributed by atoms with E-state index in [0.29, 0.717) is 49.1 Å². The van der Waals surface area contributed by atoms with Gasteiger partial charge in [-0.2, -0.15) is 0 Å². The molecule has 206 valence electrons. The van der Waals surface area contributed by atoms with E-state index in [1.807, 2.05) is 35.2 Å². The van der Waals surface area contributed by atoms with Crippen molar-refractivity contribution in [2.45, 2.75) is 51.5 Å². The summed E-state index contributed by atoms with van der Waals surface area (Å²) in [6, 6.07) is 9.54. The van der Waals surface area contributed by atoms with Gasteiger partial charge in [0.05, 0.1) is 27.9 Å². The largest absolute Gasteiger partial charge is 0.493 e. The highest BCUT2D eigenvalue weighted by molar-refractivity contribution is 5.92. The molecule has 0 aliphatic carbocycles. The second-order valence-corrected chi connectivity index (χ2v) is 9.13. The highest BCUT2D eigenvalue weighted by Crippen LogP contribution is 2.33. The van der Waals surface area contributed by atoms with Gasteiger partial charge < -0.3 is 23.8 Å². The van der Waals surface area contributed by atoms with Crippen LogP contribution in [0.1, 0.15) is 55.2 Å². The molecule has 1 aliphatic rings. The topological polar surface area (TPSA) is 107 Å². The number of hydroxylamine groups is 1. The lowest BCUT2D eigenvalue weighted by Crippen LogP contribution is -2.34. The lowest BCUT2D eigenvalue weighted by molar-refractivity contribution is -0.129. The summed E-state index contributed by atoms with van der Waals surface area (Å²) in [5.41, 5.74) is 4.72. The van der Waals surface area contributed by atoms with Gasteiger partial charge in [-0.25, -0.2) is 5.48 Å². The number of hydrogen-bond donors (Lipinski definition) is 2. The van der Waals surface area contributed by atoms with Gasteiger partial charge in [0.1, 0.15) is 0 Å². The standard InChI is InChI=1S/C29H38N2O7/c1-35-25-17-21(10-12-24(25)38-16-8-6-4-5-7-9-28(32)30-34)11-13-29(33)31-15-14-22-18-26(36-2)27(37-3)19-23(22)20-31/h10-13,17-19,34H,4-9,14-16,20H2,1-3H3,(H,30,32)/b13-11+. The Balaban J connectivity index is 1.48. The second kappa shape index (κ2) is 14.9. The fraction of sp³-hybridized carbons (Fsp3) is 0.448. The van der Waals surface area contributed by atoms with E-state index in [1.54, 1.807) is 39.0 Å². The van der Waals surface area contributed by atoms with Crippen LogP contribution in [0.15, 0.2) is 36.4 Å². The first-order valence-corrected chi connectivity index (χ1v) is 12.9. The van der Waals surface area contributed by atoms with Crippen molar-refractivity contribution in [3.05, 3.63) is 53.1 Å². The fourth-order valence-corrected chi connectivity index (χ4v) is 4.41. The summed E-state index contributed by atoms with van der Waals surface area (Å²) in [5.74, 6) is 2.24. The zero-order chi connectivity index (χ0) is 27.3. The fourth-order valence-electron chi connectivity index (χ4n) is 4.41. The molecule has 0 atom stereocenters. The minimum Gasteiger partial charge on any atom is -0.493 e. The number of hydrogen-bond acceptors (Lipinski definition) is 7. The molecule has 1 aliphatic heterocycles. The molecule has 0 spiro atoms. The molecule has 3 rings (SSSR count). The number of nitrogens with zero attached hydrogens (tertiary/aromatic N) is 1. The number of amides is 2. The van der Waals surface area contributed by atoms with Crippen molar-refractivity contribution in [1.82, 2.24) is 10.4 Å². The van der Waals surface area contributed by atoms with Gasteiger partial charge in [-0.15, -0.1) is 0 Å². The normalized spacial score (nSPS) is 12.7. The van der Waals surface area contributed by atoms with E-state index in [-0.39, 0.29) is 11.8 Å². The SMILES string of the molecule is COc1cc2c(cc1OC)CN(C(=O)/C=C/c1ccc(OCCCCCCCC(=O)NO)c(OC)c1)CC2. The van der Waals surface area contributed by atoms with E-state index in [0.717, 1.165) is 49.7 Å². The van der Waals surface area contributed by atoms with Gasteiger partial charge in [0, 0.05) is 25.6 Å². The van der Waals surface area contributed by atoms with Crippen molar-refractivity contribution in [2.75, 3.05) is 34.5 Å². The summed E-state index contributed by atoms with van der Waals surface area (Å²) >= 11 is 0. The number of ether oxygens (including phenoxy) is 4. The first-order chi connectivity index (χ1) is 18.5. The zero-order valence-electron chi connectivity index (χ0n) is 22.5. The highest BCUT2D eigenvalue weighted by atomic mass is 16.5. The molecule has 0 bridgehead atoms. The molecule has 0 saturated carbocycles. The van der Waals surface area contributed by atoms with Crippen molar-refractivity contribution in [1.29, 1.82) is 0 Å². The molecule has 38 heavy (non-hydrogen) atoms. The van der Waals surface area contributed by atoms with Crippen molar-refractivity contribution in [3.8, 4) is 23.0 Å². The third-order valence-electron chi connectivity index (χ3n) is 6.57. The maximum atomic E-state index is 12.9. The monoisotopic (exact) mass is 526 g/mol. The van der Waals surface area contributed by atoms with Gasteiger partial charge in [-0.1, -0.05) is 25.3 Å². The van der Waals surface area contributed by atoms with Crippen LogP contribution in [0.25, 0.3) is 6.08 Å². The number of carbonyl (C=O) groups excluding carboxylic acids is 2. The van der Waals surface area contributed by atoms with Gasteiger partial charge in [-0.05, 0) is 66.3 Å². The van der Waals surface area contributed by atoms with Gasteiger partial charge in [0.15, 0.2) is 23.0 Å². The minimum absolute atomic E-state index is 0.0540. The summed E-state index contributed by atoms with van der Waals surface area (Å²) in [4.78, 5) is 25.7. The Bertz CT molecular complexity index is 1120. The molecule has 0 aromatic heterocycles. The van der Waals surface area contributed by atoms with E-state index in [4.69, 9.17) is 24.2 Å². The Labute approximate surface area is 224 Å². The van der Waals surface area contributed by atoms with Crippen molar-refractivity contribution in [3.63, 3.8) is 0 Å². The maximum absolute atomic E-state index is 12.9. The van der Waals surface area contributed by atoms with Crippen LogP contribution in [-0.4, -0.2) is 56.4 Å². The van der Waals surface area contributed by atoms with Crippen LogP contribution < -0.4 is 24.4 Å². The maximum Gasteiger partial charge on any atom is 0.246 e. The molecule has 1 heterocycles. The van der Waals surface area contributed by atoms with Crippen LogP contribution in [-0.2, 0) is 22.6 Å². The van der Waals surface area contributed by atoms with E-state index in [9.17, 15) is 9.59 Å². The molecule has 2 amide bonds. The van der Waals surface area contributed by atoms with Crippen molar-refractivity contribution in [2.24, 2.45) is 0 Å². The number of fused-ring (bicyclic) bond motifs is 1. The number of rotatable bonds is 14. The molecule has 9 heteroatoms. The quantitative estimate of drug-likeness (QED) is 0.161. The number of carbonyl (C=O) groups is 2. The van der Waals surface area contributed by atoms with Crippen LogP contribution in [0.3, 0.4) is 0 Å². The van der Waals surface area contributed by atoms with Gasteiger partial charge in [0.2, 0.25) is 11.8 Å². The summed E-state index contributed by atoms with van der Waals surface area (Å²) in [6.45, 7) is 1.72. The molecular formula is C29H38N2O7. The number of nitrogens with one attached hydrogen (secondary N) is 1. The number of methoxy groups -OCH3 is 3. The third-order valence-corrected chi connectivity index (χ3v) is 6.57. The molecule has 2 aromatic carbocycles. The molecule has 0 fully saturated rings. The van der Waals surface area contributed by atoms with Gasteiger partial charge in [0.25, 0.3) is 0 Å². The highest BCUT2D eigenvalue weighted by Gasteiger charge is 2.21. The lowest BCUT2D eigenvalue weighted by Gasteiger charge is -2.28. The van der Waals surface area contributed by atoms with Gasteiger partial charge >= 0.3 is 0 Å². The van der Waals surface area contributed by atoms with Crippen LogP contribution in [0.4, 0.5) is 0 Å². The smallest absolute Gasteiger partial charge is 0.246 e. The average Bonchev–Trinajstić information content (AvgIpc) is 2.96. The Morgan fingerprint density at radius 1 is 0.895 bits per heavy atom. The predicted octanol–water partition coefficient (Wildman–Crippen LogP) is 4.54. The molecule has 0 saturated heterocycles. The summed E-state index contributed by atoms with van der Waals surface area (Å²) in [5, 5.41) is 8.49. The Hall–Kier alpha value is -3.72. The predicted molar refractivity (Wildman–Crippen MR) is 144 cm³/mol. The Kier molecular flexibility index (Phi) is 11.3. The molecule has 2 N–H and O–H groups in total. The van der Waals surface area contributed by atoms with Crippen LogP contribution in [0, 0.1) is 0 Å². The molecular weight excluding hydrogens is 488 g/mol. The van der Waals surface area contributed by atoms with Crippen molar-refractivity contribution >= 4 is 17.9 Å². The zero-order valence-corrected chi connectivity index (χ0v) is 22.5. The van der Waals surface area contributed by atoms with E-state index >= 15 is 0 Å². The Morgan fingerprint density at radius 3 is 2.26 bits per heavy atom.